The van der Waals surface area contributed by atoms with Gasteiger partial charge in [-0.1, -0.05) is 45.1 Å². The van der Waals surface area contributed by atoms with Crippen LogP contribution in [0.1, 0.15) is 117 Å². The Balaban J connectivity index is 0.948. The molecule has 54 heavy (non-hydrogen) atoms. The van der Waals surface area contributed by atoms with Gasteiger partial charge < -0.3 is 29.2 Å². The molecule has 4 aliphatic carbocycles. The molecule has 11 heteroatoms. The van der Waals surface area contributed by atoms with Crippen LogP contribution in [0.4, 0.5) is 0 Å². The van der Waals surface area contributed by atoms with Crippen LogP contribution in [-0.4, -0.2) is 97.9 Å². The van der Waals surface area contributed by atoms with Crippen molar-refractivity contribution in [2.45, 2.75) is 147 Å². The van der Waals surface area contributed by atoms with Gasteiger partial charge in [-0.05, 0) is 86.9 Å². The van der Waals surface area contributed by atoms with Crippen LogP contribution in [0.2, 0.25) is 0 Å². The number of allylic oxidation sites excluding steroid dienone is 3. The number of rotatable bonds is 13. The van der Waals surface area contributed by atoms with E-state index in [9.17, 15) is 9.59 Å². The Bertz CT molecular complexity index is 1480. The minimum Gasteiger partial charge on any atom is -0.498 e. The van der Waals surface area contributed by atoms with Crippen molar-refractivity contribution >= 4 is 30.8 Å². The highest BCUT2D eigenvalue weighted by molar-refractivity contribution is 7.80. The van der Waals surface area contributed by atoms with E-state index in [4.69, 9.17) is 36.6 Å². The number of carbonyl (C=O) groups excluding carboxylic acids is 2. The van der Waals surface area contributed by atoms with E-state index in [0.717, 1.165) is 73.9 Å². The van der Waals surface area contributed by atoms with Crippen LogP contribution in [0.5, 0.6) is 0 Å². The third kappa shape index (κ3) is 8.67. The lowest BCUT2D eigenvalue weighted by molar-refractivity contribution is -0.139. The molecule has 5 unspecified atom stereocenters. The van der Waals surface area contributed by atoms with E-state index in [-0.39, 0.29) is 30.0 Å². The SMILES string of the molecule is CCC1CCCC[C@@H]1N1C=NC(C/C(OCC2=C[C@@H](CS)CC(COC3=C(OC)C[C@@H]4C(=O)N5C6CCCC[C@@H]6C[C@H]5CNC4C3)C2)=C(\C)OC)CC1=O. The van der Waals surface area contributed by atoms with Crippen molar-refractivity contribution in [2.75, 3.05) is 39.7 Å². The Labute approximate surface area is 329 Å². The summed E-state index contributed by atoms with van der Waals surface area (Å²) in [6.07, 6.45) is 20.1. The van der Waals surface area contributed by atoms with Gasteiger partial charge in [0.1, 0.15) is 29.6 Å². The zero-order valence-electron chi connectivity index (χ0n) is 33.3. The minimum absolute atomic E-state index is 0.0704. The Morgan fingerprint density at radius 2 is 1.78 bits per heavy atom. The summed E-state index contributed by atoms with van der Waals surface area (Å²) in [7, 11) is 3.38. The summed E-state index contributed by atoms with van der Waals surface area (Å²) < 4.78 is 24.8. The molecule has 0 radical (unpaired) electrons. The van der Waals surface area contributed by atoms with E-state index in [1.54, 1.807) is 14.2 Å². The second-order valence-electron chi connectivity index (χ2n) is 17.3. The minimum atomic E-state index is -0.165. The predicted molar refractivity (Wildman–Crippen MR) is 214 cm³/mol. The molecule has 0 aromatic carbocycles. The second kappa shape index (κ2) is 18.1. The molecule has 3 heterocycles. The molecule has 10 nitrogen and oxygen atoms in total. The predicted octanol–water partition coefficient (Wildman–Crippen LogP) is 7.17. The summed E-state index contributed by atoms with van der Waals surface area (Å²) >= 11 is 4.70. The lowest BCUT2D eigenvalue weighted by Gasteiger charge is -2.39. The molecule has 0 aromatic heterocycles. The highest BCUT2D eigenvalue weighted by atomic mass is 32.1. The molecule has 0 bridgehead atoms. The third-order valence-corrected chi connectivity index (χ3v) is 14.5. The van der Waals surface area contributed by atoms with Crippen LogP contribution < -0.4 is 5.32 Å². The quantitative estimate of drug-likeness (QED) is 0.117. The van der Waals surface area contributed by atoms with Crippen molar-refractivity contribution in [3.05, 3.63) is 34.7 Å². The summed E-state index contributed by atoms with van der Waals surface area (Å²) in [5.74, 6) is 6.19. The number of ether oxygens (including phenoxy) is 4. The topological polar surface area (TPSA) is 102 Å². The van der Waals surface area contributed by atoms with Crippen molar-refractivity contribution < 1.29 is 28.5 Å². The normalized spacial score (nSPS) is 36.1. The van der Waals surface area contributed by atoms with Gasteiger partial charge in [0.25, 0.3) is 0 Å². The van der Waals surface area contributed by atoms with Crippen molar-refractivity contribution in [3.8, 4) is 0 Å². The maximum atomic E-state index is 14.1. The fourth-order valence-electron chi connectivity index (χ4n) is 11.0. The summed E-state index contributed by atoms with van der Waals surface area (Å²) in [6.45, 7) is 6.07. The van der Waals surface area contributed by atoms with Gasteiger partial charge in [-0.2, -0.15) is 12.6 Å². The molecule has 1 N–H and O–H groups in total. The monoisotopic (exact) mass is 766 g/mol. The number of thiol groups is 1. The van der Waals surface area contributed by atoms with Crippen molar-refractivity contribution in [3.63, 3.8) is 0 Å². The number of fused-ring (bicyclic) bond motifs is 4. The molecule has 2 saturated carbocycles. The molecule has 10 atom stereocenters. The molecule has 7 aliphatic rings. The van der Waals surface area contributed by atoms with Gasteiger partial charge >= 0.3 is 0 Å². The molecular formula is C43H66N4O6S. The molecule has 4 fully saturated rings. The lowest BCUT2D eigenvalue weighted by atomic mass is 9.81. The summed E-state index contributed by atoms with van der Waals surface area (Å²) in [5.41, 5.74) is 1.23. The molecular weight excluding hydrogens is 701 g/mol. The second-order valence-corrected chi connectivity index (χ2v) is 17.7. The fourth-order valence-corrected chi connectivity index (χ4v) is 11.3. The average Bonchev–Trinajstić information content (AvgIpc) is 3.52. The van der Waals surface area contributed by atoms with Crippen LogP contribution in [0.3, 0.4) is 0 Å². The van der Waals surface area contributed by atoms with E-state index < -0.39 is 0 Å². The number of nitrogens with zero attached hydrogens (tertiary/aromatic N) is 3. The number of aliphatic imine (C=N–C) groups is 1. The fraction of sp³-hybridized carbons (Fsp3) is 0.791. The van der Waals surface area contributed by atoms with E-state index in [1.165, 1.54) is 44.1 Å². The van der Waals surface area contributed by atoms with Gasteiger partial charge in [-0.25, -0.2) is 0 Å². The van der Waals surface area contributed by atoms with Gasteiger partial charge in [0.2, 0.25) is 11.8 Å². The Hall–Kier alpha value is -2.66. The maximum Gasteiger partial charge on any atom is 0.230 e. The molecule has 2 saturated heterocycles. The first-order valence-corrected chi connectivity index (χ1v) is 21.9. The zero-order chi connectivity index (χ0) is 37.8. The third-order valence-electron chi connectivity index (χ3n) is 14.0. The molecule has 300 valence electrons. The first-order chi connectivity index (χ1) is 26.3. The van der Waals surface area contributed by atoms with Crippen LogP contribution in [0.15, 0.2) is 39.7 Å². The van der Waals surface area contributed by atoms with Crippen molar-refractivity contribution in [1.29, 1.82) is 0 Å². The molecule has 2 amide bonds. The smallest absolute Gasteiger partial charge is 0.230 e. The van der Waals surface area contributed by atoms with Crippen LogP contribution >= 0.6 is 12.6 Å². The van der Waals surface area contributed by atoms with Gasteiger partial charge in [0.15, 0.2) is 0 Å². The van der Waals surface area contributed by atoms with E-state index in [0.29, 0.717) is 80.6 Å². The molecule has 7 rings (SSSR count). The van der Waals surface area contributed by atoms with E-state index >= 15 is 0 Å². The number of carbonyl (C=O) groups is 2. The lowest BCUT2D eigenvalue weighted by Crippen LogP contribution is -2.48. The van der Waals surface area contributed by atoms with Gasteiger partial charge in [0, 0.05) is 50.0 Å². The summed E-state index contributed by atoms with van der Waals surface area (Å²) in [4.78, 5) is 36.6. The highest BCUT2D eigenvalue weighted by Gasteiger charge is 2.50. The number of nitrogens with one attached hydrogen (secondary N) is 1. The summed E-state index contributed by atoms with van der Waals surface area (Å²) in [5, 5.41) is 3.81. The Morgan fingerprint density at radius 1 is 0.981 bits per heavy atom. The average molecular weight is 767 g/mol. The van der Waals surface area contributed by atoms with Crippen LogP contribution in [0.25, 0.3) is 0 Å². The molecule has 3 aliphatic heterocycles. The van der Waals surface area contributed by atoms with E-state index in [2.05, 4.69) is 23.2 Å². The number of hydrogen-bond acceptors (Lipinski definition) is 9. The van der Waals surface area contributed by atoms with Crippen molar-refractivity contribution in [1.82, 2.24) is 15.1 Å². The highest BCUT2D eigenvalue weighted by Crippen LogP contribution is 2.44. The number of amides is 2. The largest absolute Gasteiger partial charge is 0.498 e. The Morgan fingerprint density at radius 3 is 2.54 bits per heavy atom. The molecule has 0 spiro atoms. The van der Waals surface area contributed by atoms with Crippen LogP contribution in [0, 0.1) is 29.6 Å². The van der Waals surface area contributed by atoms with Gasteiger partial charge in [0.05, 0.1) is 45.5 Å². The first-order valence-electron chi connectivity index (χ1n) is 21.3. The summed E-state index contributed by atoms with van der Waals surface area (Å²) in [6, 6.07) is 0.908. The van der Waals surface area contributed by atoms with E-state index in [1.807, 2.05) is 18.2 Å². The standard InChI is InChI=1S/C43H66N4O6S/c1-5-31-10-6-8-12-37(31)46-26-45-33(19-42(46)48)18-39(27(2)50-3)52-23-28-14-29(16-30(15-28)25-54)24-53-41-21-36-35(20-40(41)51-4)43(49)47-34(22-44-36)17-32-11-7-9-13-38(32)47/h15,26,29-38,44,54H,5-14,16-25H2,1-4H3/b39-27-/t29?,30-,31?,32-,33?,34+,35+,36?,37+,38?/m1/s1. The van der Waals surface area contributed by atoms with Gasteiger partial charge in [-0.15, -0.1) is 0 Å². The number of hydrogen-bond donors (Lipinski definition) is 2. The Kier molecular flexibility index (Phi) is 13.2. The maximum absolute atomic E-state index is 14.1. The van der Waals surface area contributed by atoms with Crippen molar-refractivity contribution in [2.24, 2.45) is 34.6 Å². The number of methoxy groups -OCH3 is 2. The zero-order valence-corrected chi connectivity index (χ0v) is 34.2. The van der Waals surface area contributed by atoms with Crippen LogP contribution in [-0.2, 0) is 28.5 Å². The first kappa shape index (κ1) is 39.6. The molecule has 0 aromatic rings. The van der Waals surface area contributed by atoms with Gasteiger partial charge in [-0.3, -0.25) is 19.5 Å².